The van der Waals surface area contributed by atoms with Crippen molar-refractivity contribution in [1.82, 2.24) is 9.62 Å². The van der Waals surface area contributed by atoms with Crippen molar-refractivity contribution in [2.24, 2.45) is 5.92 Å². The Morgan fingerprint density at radius 2 is 1.66 bits per heavy atom. The molecule has 1 aliphatic carbocycles. The number of piperidine rings is 1. The van der Waals surface area contributed by atoms with Crippen LogP contribution in [-0.2, 0) is 14.8 Å². The molecule has 1 heterocycles. The van der Waals surface area contributed by atoms with E-state index in [-0.39, 0.29) is 46.8 Å². The minimum absolute atomic E-state index is 0.0717. The Morgan fingerprint density at radius 1 is 1.00 bits per heavy atom. The normalized spacial score (nSPS) is 17.7. The number of carbonyl (C=O) groups is 2. The van der Waals surface area contributed by atoms with Crippen LogP contribution in [0.25, 0.3) is 0 Å². The number of rotatable bonds is 6. The zero-order chi connectivity index (χ0) is 22.9. The number of halogens is 2. The van der Waals surface area contributed by atoms with Crippen molar-refractivity contribution in [3.05, 3.63) is 58.9 Å². The highest BCUT2D eigenvalue weighted by molar-refractivity contribution is 7.89. The van der Waals surface area contributed by atoms with Crippen LogP contribution in [0, 0.1) is 11.7 Å². The van der Waals surface area contributed by atoms with Crippen molar-refractivity contribution in [2.75, 3.05) is 18.4 Å². The van der Waals surface area contributed by atoms with Gasteiger partial charge in [0.1, 0.15) is 5.82 Å². The molecule has 7 nitrogen and oxygen atoms in total. The Bertz CT molecular complexity index is 1130. The lowest BCUT2D eigenvalue weighted by Crippen LogP contribution is -2.41. The Morgan fingerprint density at radius 3 is 2.25 bits per heavy atom. The number of hydrogen-bond donors (Lipinski definition) is 2. The van der Waals surface area contributed by atoms with E-state index < -0.39 is 15.8 Å². The van der Waals surface area contributed by atoms with Gasteiger partial charge in [0.2, 0.25) is 15.9 Å². The van der Waals surface area contributed by atoms with Crippen molar-refractivity contribution >= 4 is 39.1 Å². The van der Waals surface area contributed by atoms with E-state index in [1.807, 2.05) is 0 Å². The van der Waals surface area contributed by atoms with Crippen LogP contribution in [0.2, 0.25) is 5.02 Å². The number of anilines is 1. The highest BCUT2D eigenvalue weighted by Crippen LogP contribution is 2.27. The number of hydrogen-bond acceptors (Lipinski definition) is 4. The van der Waals surface area contributed by atoms with Crippen LogP contribution < -0.4 is 10.6 Å². The Balaban J connectivity index is 1.32. The molecular weight excluding hydrogens is 457 g/mol. The molecule has 2 N–H and O–H groups in total. The van der Waals surface area contributed by atoms with Crippen molar-refractivity contribution in [3.63, 3.8) is 0 Å². The monoisotopic (exact) mass is 479 g/mol. The second-order valence-electron chi connectivity index (χ2n) is 8.07. The quantitative estimate of drug-likeness (QED) is 0.663. The molecule has 2 amide bonds. The summed E-state index contributed by atoms with van der Waals surface area (Å²) in [6, 6.07) is 10.3. The van der Waals surface area contributed by atoms with Crippen molar-refractivity contribution in [3.8, 4) is 0 Å². The summed E-state index contributed by atoms with van der Waals surface area (Å²) in [5.41, 5.74) is 1.11. The molecule has 2 aromatic rings. The molecule has 0 aromatic heterocycles. The number of amides is 2. The first-order chi connectivity index (χ1) is 15.2. The Labute approximate surface area is 191 Å². The van der Waals surface area contributed by atoms with E-state index in [2.05, 4.69) is 10.6 Å². The molecular formula is C22H23ClFN3O4S. The molecule has 1 saturated carbocycles. The Hall–Kier alpha value is -2.49. The summed E-state index contributed by atoms with van der Waals surface area (Å²) >= 11 is 5.72. The average Bonchev–Trinajstić information content (AvgIpc) is 3.60. The summed E-state index contributed by atoms with van der Waals surface area (Å²) < 4.78 is 40.2. The number of sulfonamides is 1. The number of benzene rings is 2. The third-order valence-electron chi connectivity index (χ3n) is 5.68. The third kappa shape index (κ3) is 5.11. The molecule has 170 valence electrons. The number of carbonyl (C=O) groups excluding carboxylic acids is 2. The molecule has 1 saturated heterocycles. The van der Waals surface area contributed by atoms with Crippen LogP contribution in [0.1, 0.15) is 36.0 Å². The maximum atomic E-state index is 13.4. The van der Waals surface area contributed by atoms with E-state index in [4.69, 9.17) is 11.6 Å². The van der Waals surface area contributed by atoms with Gasteiger partial charge in [0.15, 0.2) is 0 Å². The maximum Gasteiger partial charge on any atom is 0.251 e. The first-order valence-electron chi connectivity index (χ1n) is 10.4. The zero-order valence-corrected chi connectivity index (χ0v) is 18.8. The molecule has 2 fully saturated rings. The minimum Gasteiger partial charge on any atom is -0.349 e. The lowest BCUT2D eigenvalue weighted by atomic mass is 9.97. The molecule has 0 unspecified atom stereocenters. The summed E-state index contributed by atoms with van der Waals surface area (Å²) in [5.74, 6) is -1.34. The van der Waals surface area contributed by atoms with Gasteiger partial charge in [0, 0.05) is 36.3 Å². The van der Waals surface area contributed by atoms with Crippen LogP contribution in [-0.4, -0.2) is 43.7 Å². The molecule has 0 spiro atoms. The van der Waals surface area contributed by atoms with Crippen molar-refractivity contribution < 1.29 is 22.4 Å². The van der Waals surface area contributed by atoms with Crippen molar-refractivity contribution in [2.45, 2.75) is 36.6 Å². The molecule has 0 radical (unpaired) electrons. The fourth-order valence-corrected chi connectivity index (χ4v) is 5.33. The summed E-state index contributed by atoms with van der Waals surface area (Å²) in [6.07, 6.45) is 2.75. The Kier molecular flexibility index (Phi) is 6.50. The predicted molar refractivity (Wildman–Crippen MR) is 118 cm³/mol. The van der Waals surface area contributed by atoms with E-state index in [9.17, 15) is 22.4 Å². The number of nitrogens with zero attached hydrogens (tertiary/aromatic N) is 1. The summed E-state index contributed by atoms with van der Waals surface area (Å²) in [7, 11) is -3.81. The zero-order valence-electron chi connectivity index (χ0n) is 17.2. The van der Waals surface area contributed by atoms with E-state index in [1.165, 1.54) is 10.4 Å². The molecule has 0 bridgehead atoms. The van der Waals surface area contributed by atoms with Crippen LogP contribution >= 0.6 is 11.6 Å². The summed E-state index contributed by atoms with van der Waals surface area (Å²) in [6.45, 7) is 0.353. The predicted octanol–water partition coefficient (Wildman–Crippen LogP) is 3.41. The van der Waals surface area contributed by atoms with Gasteiger partial charge in [-0.2, -0.15) is 4.31 Å². The van der Waals surface area contributed by atoms with Gasteiger partial charge in [-0.15, -0.1) is 0 Å². The van der Waals surface area contributed by atoms with Gasteiger partial charge in [0.05, 0.1) is 9.92 Å². The van der Waals surface area contributed by atoms with Gasteiger partial charge in [-0.1, -0.05) is 11.6 Å². The highest BCUT2D eigenvalue weighted by Gasteiger charge is 2.32. The third-order valence-corrected chi connectivity index (χ3v) is 7.87. The van der Waals surface area contributed by atoms with Gasteiger partial charge < -0.3 is 10.6 Å². The smallest absolute Gasteiger partial charge is 0.251 e. The lowest BCUT2D eigenvalue weighted by molar-refractivity contribution is -0.120. The summed E-state index contributed by atoms with van der Waals surface area (Å²) in [4.78, 5) is 24.6. The molecule has 10 heteroatoms. The van der Waals surface area contributed by atoms with Gasteiger partial charge in [-0.05, 0) is 68.1 Å². The molecule has 0 atom stereocenters. The van der Waals surface area contributed by atoms with Crippen LogP contribution in [0.15, 0.2) is 47.4 Å². The van der Waals surface area contributed by atoms with Crippen LogP contribution in [0.5, 0.6) is 0 Å². The molecule has 2 aromatic carbocycles. The van der Waals surface area contributed by atoms with Crippen molar-refractivity contribution in [1.29, 1.82) is 0 Å². The van der Waals surface area contributed by atoms with E-state index in [0.29, 0.717) is 24.1 Å². The second-order valence-corrected chi connectivity index (χ2v) is 10.4. The second kappa shape index (κ2) is 9.17. The van der Waals surface area contributed by atoms with Gasteiger partial charge in [0.25, 0.3) is 5.91 Å². The molecule has 4 rings (SSSR count). The first-order valence-corrected chi connectivity index (χ1v) is 12.2. The van der Waals surface area contributed by atoms with Gasteiger partial charge in [-0.25, -0.2) is 12.8 Å². The fourth-order valence-electron chi connectivity index (χ4n) is 3.59. The molecule has 2 aliphatic rings. The van der Waals surface area contributed by atoms with E-state index in [1.54, 1.807) is 24.3 Å². The van der Waals surface area contributed by atoms with E-state index in [0.717, 1.165) is 25.0 Å². The van der Waals surface area contributed by atoms with Crippen LogP contribution in [0.4, 0.5) is 10.1 Å². The standard InChI is InChI=1S/C22H23ClFN3O4S/c23-19-13-18(7-8-20(19)24)32(30,31)27-11-9-15(10-12-27)22(29)25-16-3-1-14(2-4-16)21(28)26-17-5-6-17/h1-4,7-8,13,15,17H,5-6,9-12H2,(H,25,29)(H,26,28). The molecule has 1 aliphatic heterocycles. The minimum atomic E-state index is -3.81. The van der Waals surface area contributed by atoms with Gasteiger partial charge in [-0.3, -0.25) is 9.59 Å². The lowest BCUT2D eigenvalue weighted by Gasteiger charge is -2.30. The largest absolute Gasteiger partial charge is 0.349 e. The maximum absolute atomic E-state index is 13.4. The fraction of sp³-hybridized carbons (Fsp3) is 0.364. The average molecular weight is 480 g/mol. The van der Waals surface area contributed by atoms with E-state index >= 15 is 0 Å². The van der Waals surface area contributed by atoms with Gasteiger partial charge >= 0.3 is 0 Å². The summed E-state index contributed by atoms with van der Waals surface area (Å²) in [5, 5.41) is 5.49. The SMILES string of the molecule is O=C(NC1CC1)c1ccc(NC(=O)C2CCN(S(=O)(=O)c3ccc(F)c(Cl)c3)CC2)cc1. The molecule has 32 heavy (non-hydrogen) atoms. The topological polar surface area (TPSA) is 95.6 Å². The highest BCUT2D eigenvalue weighted by atomic mass is 35.5. The van der Waals surface area contributed by atoms with Crippen LogP contribution in [0.3, 0.4) is 0 Å². The first kappa shape index (κ1) is 22.7. The number of nitrogens with one attached hydrogen (secondary N) is 2.